The highest BCUT2D eigenvalue weighted by Gasteiger charge is 2.26. The Morgan fingerprint density at radius 3 is 2.12 bits per heavy atom. The normalized spacial score (nSPS) is 17.3. The van der Waals surface area contributed by atoms with Crippen molar-refractivity contribution >= 4 is 22.8 Å². The van der Waals surface area contributed by atoms with Crippen LogP contribution < -0.4 is 5.32 Å². The molecule has 26 heavy (non-hydrogen) atoms. The molecule has 0 bridgehead atoms. The summed E-state index contributed by atoms with van der Waals surface area (Å²) >= 11 is 1.34. The van der Waals surface area contributed by atoms with Crippen molar-refractivity contribution in [1.29, 1.82) is 0 Å². The number of nitrogens with one attached hydrogen (secondary N) is 1. The van der Waals surface area contributed by atoms with Crippen molar-refractivity contribution in [2.24, 2.45) is 0 Å². The molecule has 0 aromatic heterocycles. The largest absolute Gasteiger partial charge is 0.345 e. The summed E-state index contributed by atoms with van der Waals surface area (Å²) in [7, 11) is 0. The molecule has 0 aliphatic carbocycles. The molecule has 1 rings (SSSR count). The van der Waals surface area contributed by atoms with Gasteiger partial charge in [-0.25, -0.2) is 0 Å². The highest BCUT2D eigenvalue weighted by atomic mass is 32.2. The maximum absolute atomic E-state index is 11.8. The van der Waals surface area contributed by atoms with Crippen molar-refractivity contribution in [2.75, 3.05) is 5.75 Å². The molecule has 0 saturated carbocycles. The first kappa shape index (κ1) is 23.3. The summed E-state index contributed by atoms with van der Waals surface area (Å²) in [6, 6.07) is -0.226. The van der Waals surface area contributed by atoms with Gasteiger partial charge in [-0.2, -0.15) is 0 Å². The van der Waals surface area contributed by atoms with E-state index in [-0.39, 0.29) is 17.1 Å². The van der Waals surface area contributed by atoms with Gasteiger partial charge in [0.05, 0.1) is 6.04 Å². The van der Waals surface area contributed by atoms with Crippen LogP contribution in [0.25, 0.3) is 0 Å². The molecule has 1 aliphatic rings. The lowest BCUT2D eigenvalue weighted by Gasteiger charge is -2.09. The van der Waals surface area contributed by atoms with Gasteiger partial charge in [0.2, 0.25) is 11.0 Å². The predicted molar refractivity (Wildman–Crippen MR) is 113 cm³/mol. The molecule has 4 heteroatoms. The maximum atomic E-state index is 11.8. The fraction of sp³-hybridized carbons (Fsp3) is 0.818. The highest BCUT2D eigenvalue weighted by Crippen LogP contribution is 2.19. The lowest BCUT2D eigenvalue weighted by atomic mass is 10.1. The fourth-order valence-corrected chi connectivity index (χ4v) is 4.18. The van der Waals surface area contributed by atoms with E-state index in [1.807, 2.05) is 0 Å². The maximum Gasteiger partial charge on any atom is 0.220 e. The molecule has 1 atom stereocenters. The molecular weight excluding hydrogens is 342 g/mol. The van der Waals surface area contributed by atoms with Crippen LogP contribution in [0.15, 0.2) is 12.2 Å². The van der Waals surface area contributed by atoms with E-state index in [9.17, 15) is 9.59 Å². The van der Waals surface area contributed by atoms with E-state index in [1.165, 1.54) is 82.4 Å². The first-order valence-electron chi connectivity index (χ1n) is 10.8. The molecule has 1 unspecified atom stereocenters. The Hall–Kier alpha value is -0.770. The van der Waals surface area contributed by atoms with Crippen molar-refractivity contribution in [2.45, 2.75) is 109 Å². The lowest BCUT2D eigenvalue weighted by molar-refractivity contribution is -0.124. The second-order valence-corrected chi connectivity index (χ2v) is 8.51. The van der Waals surface area contributed by atoms with Gasteiger partial charge >= 0.3 is 0 Å². The van der Waals surface area contributed by atoms with Crippen LogP contribution in [-0.4, -0.2) is 22.8 Å². The Morgan fingerprint density at radius 1 is 0.962 bits per heavy atom. The molecule has 1 saturated heterocycles. The monoisotopic (exact) mass is 381 g/mol. The summed E-state index contributed by atoms with van der Waals surface area (Å²) in [5.41, 5.74) is 0. The van der Waals surface area contributed by atoms with Gasteiger partial charge in [-0.05, 0) is 38.5 Å². The summed E-state index contributed by atoms with van der Waals surface area (Å²) in [4.78, 5) is 23.3. The highest BCUT2D eigenvalue weighted by molar-refractivity contribution is 8.14. The topological polar surface area (TPSA) is 46.2 Å². The van der Waals surface area contributed by atoms with Crippen molar-refractivity contribution < 1.29 is 9.59 Å². The number of hydrogen-bond acceptors (Lipinski definition) is 3. The summed E-state index contributed by atoms with van der Waals surface area (Å²) in [5, 5.41) is 2.99. The molecular formula is C22H39NO2S. The number of unbranched alkanes of at least 4 members (excludes halogenated alkanes) is 11. The van der Waals surface area contributed by atoms with Gasteiger partial charge in [0, 0.05) is 12.2 Å². The van der Waals surface area contributed by atoms with E-state index >= 15 is 0 Å². The Balaban J connectivity index is 1.81. The molecule has 1 fully saturated rings. The van der Waals surface area contributed by atoms with Crippen LogP contribution in [0.1, 0.15) is 103 Å². The van der Waals surface area contributed by atoms with Crippen LogP contribution in [0.4, 0.5) is 0 Å². The standard InChI is InChI=1S/C22H39NO2S/c1-2-3-4-5-6-7-8-9-10-11-12-13-14-15-16-17-21(24)23-20-18-19-26-22(20)25/h9-10,20H,2-8,11-19H2,1H3,(H,23,24)/b10-9+. The Bertz CT molecular complexity index is 409. The number of rotatable bonds is 16. The second-order valence-electron chi connectivity index (χ2n) is 7.41. The third-order valence-corrected chi connectivity index (χ3v) is 5.95. The first-order valence-corrected chi connectivity index (χ1v) is 11.8. The Morgan fingerprint density at radius 2 is 1.54 bits per heavy atom. The van der Waals surface area contributed by atoms with E-state index < -0.39 is 0 Å². The van der Waals surface area contributed by atoms with Crippen LogP contribution in [0.3, 0.4) is 0 Å². The van der Waals surface area contributed by atoms with Gasteiger partial charge in [-0.15, -0.1) is 0 Å². The summed E-state index contributed by atoms with van der Waals surface area (Å²) in [5.74, 6) is 0.889. The zero-order valence-electron chi connectivity index (χ0n) is 16.8. The van der Waals surface area contributed by atoms with E-state index in [1.54, 1.807) is 0 Å². The van der Waals surface area contributed by atoms with Gasteiger partial charge in [0.1, 0.15) is 0 Å². The van der Waals surface area contributed by atoms with Gasteiger partial charge in [0.25, 0.3) is 0 Å². The summed E-state index contributed by atoms with van der Waals surface area (Å²) in [6.45, 7) is 2.26. The molecule has 3 nitrogen and oxygen atoms in total. The van der Waals surface area contributed by atoms with Gasteiger partial charge < -0.3 is 5.32 Å². The number of carbonyl (C=O) groups excluding carboxylic acids is 2. The third-order valence-electron chi connectivity index (χ3n) is 4.94. The first-order chi connectivity index (χ1) is 12.7. The second kappa shape index (κ2) is 16.4. The van der Waals surface area contributed by atoms with E-state index in [0.717, 1.165) is 25.0 Å². The lowest BCUT2D eigenvalue weighted by Crippen LogP contribution is -2.36. The minimum Gasteiger partial charge on any atom is -0.345 e. The molecule has 150 valence electrons. The fourth-order valence-electron chi connectivity index (χ4n) is 3.25. The molecule has 1 heterocycles. The number of carbonyl (C=O) groups is 2. The average Bonchev–Trinajstić information content (AvgIpc) is 3.03. The van der Waals surface area contributed by atoms with Crippen molar-refractivity contribution in [3.05, 3.63) is 12.2 Å². The van der Waals surface area contributed by atoms with Gasteiger partial charge in [-0.1, -0.05) is 82.2 Å². The minimum atomic E-state index is -0.226. The van der Waals surface area contributed by atoms with Crippen LogP contribution in [0, 0.1) is 0 Å². The molecule has 1 N–H and O–H groups in total. The predicted octanol–water partition coefficient (Wildman–Crippen LogP) is 6.17. The average molecular weight is 382 g/mol. The Kier molecular flexibility index (Phi) is 14.7. The van der Waals surface area contributed by atoms with Crippen molar-refractivity contribution in [1.82, 2.24) is 5.32 Å². The molecule has 1 amide bonds. The van der Waals surface area contributed by atoms with Crippen LogP contribution in [0.2, 0.25) is 0 Å². The van der Waals surface area contributed by atoms with Gasteiger partial charge in [0.15, 0.2) is 0 Å². The summed E-state index contributed by atoms with van der Waals surface area (Å²) in [6.07, 6.45) is 22.5. The zero-order chi connectivity index (χ0) is 18.9. The summed E-state index contributed by atoms with van der Waals surface area (Å²) < 4.78 is 0. The van der Waals surface area contributed by atoms with E-state index in [4.69, 9.17) is 0 Å². The minimum absolute atomic E-state index is 0.0449. The van der Waals surface area contributed by atoms with E-state index in [2.05, 4.69) is 24.4 Å². The molecule has 0 aromatic rings. The van der Waals surface area contributed by atoms with Crippen LogP contribution >= 0.6 is 11.8 Å². The number of hydrogen-bond donors (Lipinski definition) is 1. The number of amides is 1. The quantitative estimate of drug-likeness (QED) is 0.257. The van der Waals surface area contributed by atoms with Crippen molar-refractivity contribution in [3.8, 4) is 0 Å². The smallest absolute Gasteiger partial charge is 0.220 e. The zero-order valence-corrected chi connectivity index (χ0v) is 17.6. The van der Waals surface area contributed by atoms with Crippen LogP contribution in [-0.2, 0) is 9.59 Å². The Labute approximate surface area is 165 Å². The van der Waals surface area contributed by atoms with Gasteiger partial charge in [-0.3, -0.25) is 9.59 Å². The molecule has 0 radical (unpaired) electrons. The molecule has 0 aromatic carbocycles. The third kappa shape index (κ3) is 12.6. The molecule has 0 spiro atoms. The number of thioether (sulfide) groups is 1. The van der Waals surface area contributed by atoms with Crippen LogP contribution in [0.5, 0.6) is 0 Å². The molecule has 1 aliphatic heterocycles. The van der Waals surface area contributed by atoms with E-state index in [0.29, 0.717) is 6.42 Å². The van der Waals surface area contributed by atoms with Crippen molar-refractivity contribution in [3.63, 3.8) is 0 Å². The number of allylic oxidation sites excluding steroid dienone is 2. The SMILES string of the molecule is CCCCCCCC/C=C/CCCCCCCC(=O)NC1CCSC1=O.